The summed E-state index contributed by atoms with van der Waals surface area (Å²) in [6.45, 7) is 2.90. The zero-order valence-electron chi connectivity index (χ0n) is 17.2. The van der Waals surface area contributed by atoms with Gasteiger partial charge >= 0.3 is 5.97 Å². The lowest BCUT2D eigenvalue weighted by Crippen LogP contribution is -2.47. The fourth-order valence-corrected chi connectivity index (χ4v) is 5.51. The van der Waals surface area contributed by atoms with Crippen LogP contribution in [0.4, 0.5) is 5.69 Å². The van der Waals surface area contributed by atoms with Gasteiger partial charge in [-0.05, 0) is 80.9 Å². The normalized spacial score (nSPS) is 32.8. The van der Waals surface area contributed by atoms with Gasteiger partial charge in [0, 0.05) is 17.6 Å². The first-order valence-corrected chi connectivity index (χ1v) is 10.8. The van der Waals surface area contributed by atoms with E-state index in [0.717, 1.165) is 49.6 Å². The maximum absolute atomic E-state index is 11.7. The monoisotopic (exact) mass is 395 g/mol. The van der Waals surface area contributed by atoms with Crippen LogP contribution in [0.3, 0.4) is 0 Å². The van der Waals surface area contributed by atoms with Gasteiger partial charge in [-0.2, -0.15) is 4.98 Å². The second kappa shape index (κ2) is 6.85. The smallest absolute Gasteiger partial charge is 0.309 e. The standard InChI is InChI=1S/C23H29N3O3/c1-15-25-21(29-26-15)23-9-6-22(7-10-23,8-11-23)14-24-17-5-3-4-16(12-17)18-13-19(18)20(27)28-2/h3-5,12,18-19,24H,6-11,13-14H2,1-2H3. The molecule has 1 aromatic carbocycles. The molecule has 2 unspecified atom stereocenters. The molecule has 1 aromatic heterocycles. The minimum atomic E-state index is -0.0865. The van der Waals surface area contributed by atoms with E-state index in [4.69, 9.17) is 9.26 Å². The van der Waals surface area contributed by atoms with Gasteiger partial charge in [-0.15, -0.1) is 0 Å². The van der Waals surface area contributed by atoms with Gasteiger partial charge in [-0.1, -0.05) is 17.3 Å². The number of aromatic nitrogens is 2. The van der Waals surface area contributed by atoms with E-state index >= 15 is 0 Å². The highest BCUT2D eigenvalue weighted by Crippen LogP contribution is 2.57. The van der Waals surface area contributed by atoms with E-state index in [2.05, 4.69) is 39.7 Å². The molecule has 2 atom stereocenters. The van der Waals surface area contributed by atoms with E-state index in [9.17, 15) is 4.79 Å². The molecular weight excluding hydrogens is 366 g/mol. The van der Waals surface area contributed by atoms with Crippen molar-refractivity contribution in [3.05, 3.63) is 41.5 Å². The third kappa shape index (κ3) is 3.32. The molecule has 2 bridgehead atoms. The van der Waals surface area contributed by atoms with Crippen LogP contribution in [0.2, 0.25) is 0 Å². The number of benzene rings is 1. The Kier molecular flexibility index (Phi) is 4.41. The summed E-state index contributed by atoms with van der Waals surface area (Å²) in [6.07, 6.45) is 7.92. The zero-order chi connectivity index (χ0) is 20.1. The molecule has 2 aromatic rings. The summed E-state index contributed by atoms with van der Waals surface area (Å²) in [5.41, 5.74) is 2.86. The molecule has 0 spiro atoms. The number of methoxy groups -OCH3 is 1. The third-order valence-corrected chi connectivity index (χ3v) is 7.66. The van der Waals surface area contributed by atoms with Crippen LogP contribution < -0.4 is 5.32 Å². The number of nitrogens with zero attached hydrogens (tertiary/aromatic N) is 2. The molecule has 4 aliphatic rings. The van der Waals surface area contributed by atoms with Crippen molar-refractivity contribution < 1.29 is 14.1 Å². The molecule has 4 saturated carbocycles. The van der Waals surface area contributed by atoms with Crippen molar-refractivity contribution >= 4 is 11.7 Å². The summed E-state index contributed by atoms with van der Waals surface area (Å²) in [5.74, 6) is 1.85. The van der Waals surface area contributed by atoms with Gasteiger partial charge in [0.25, 0.3) is 0 Å². The fourth-order valence-electron chi connectivity index (χ4n) is 5.51. The molecule has 6 nitrogen and oxygen atoms in total. The van der Waals surface area contributed by atoms with Crippen molar-refractivity contribution in [3.63, 3.8) is 0 Å². The van der Waals surface area contributed by atoms with Crippen LogP contribution in [-0.2, 0) is 14.9 Å². The van der Waals surface area contributed by atoms with E-state index in [0.29, 0.717) is 11.3 Å². The predicted octanol–water partition coefficient (Wildman–Crippen LogP) is 4.36. The number of aryl methyl sites for hydroxylation is 1. The van der Waals surface area contributed by atoms with Crippen molar-refractivity contribution in [3.8, 4) is 0 Å². The summed E-state index contributed by atoms with van der Waals surface area (Å²) in [5, 5.41) is 7.72. The third-order valence-electron chi connectivity index (χ3n) is 7.66. The number of hydrogen-bond donors (Lipinski definition) is 1. The van der Waals surface area contributed by atoms with Gasteiger partial charge in [0.15, 0.2) is 5.82 Å². The molecule has 1 heterocycles. The molecule has 1 N–H and O–H groups in total. The number of rotatable bonds is 6. The van der Waals surface area contributed by atoms with Crippen LogP contribution in [0.5, 0.6) is 0 Å². The van der Waals surface area contributed by atoms with Crippen LogP contribution >= 0.6 is 0 Å². The second-order valence-corrected chi connectivity index (χ2v) is 9.38. The fraction of sp³-hybridized carbons (Fsp3) is 0.609. The molecule has 0 amide bonds. The minimum absolute atomic E-state index is 0.0343. The first-order valence-electron chi connectivity index (χ1n) is 10.8. The van der Waals surface area contributed by atoms with Crippen LogP contribution in [0.1, 0.15) is 68.1 Å². The van der Waals surface area contributed by atoms with Crippen molar-refractivity contribution in [2.45, 2.75) is 63.2 Å². The maximum Gasteiger partial charge on any atom is 0.309 e. The van der Waals surface area contributed by atoms with Crippen molar-refractivity contribution in [1.29, 1.82) is 0 Å². The van der Waals surface area contributed by atoms with Crippen molar-refractivity contribution in [2.24, 2.45) is 11.3 Å². The van der Waals surface area contributed by atoms with Gasteiger partial charge in [0.05, 0.1) is 13.0 Å². The van der Waals surface area contributed by atoms with Crippen LogP contribution in [0, 0.1) is 18.3 Å². The van der Waals surface area contributed by atoms with E-state index in [1.807, 2.05) is 6.92 Å². The largest absolute Gasteiger partial charge is 0.469 e. The Morgan fingerprint density at radius 3 is 2.66 bits per heavy atom. The molecule has 0 radical (unpaired) electrons. The van der Waals surface area contributed by atoms with E-state index in [1.54, 1.807) is 0 Å². The topological polar surface area (TPSA) is 77.2 Å². The number of hydrogen-bond acceptors (Lipinski definition) is 6. The number of nitrogens with one attached hydrogen (secondary N) is 1. The number of ether oxygens (including phenoxy) is 1. The lowest BCUT2D eigenvalue weighted by Gasteiger charge is -2.52. The highest BCUT2D eigenvalue weighted by molar-refractivity contribution is 5.77. The van der Waals surface area contributed by atoms with E-state index < -0.39 is 0 Å². The van der Waals surface area contributed by atoms with Gasteiger partial charge in [0.2, 0.25) is 5.89 Å². The Morgan fingerprint density at radius 2 is 2.00 bits per heavy atom. The summed E-state index contributed by atoms with van der Waals surface area (Å²) in [7, 11) is 1.47. The minimum Gasteiger partial charge on any atom is -0.469 e. The second-order valence-electron chi connectivity index (χ2n) is 9.38. The summed E-state index contributed by atoms with van der Waals surface area (Å²) < 4.78 is 10.4. The van der Waals surface area contributed by atoms with Crippen LogP contribution in [0.25, 0.3) is 0 Å². The van der Waals surface area contributed by atoms with Crippen LogP contribution in [-0.4, -0.2) is 29.8 Å². The van der Waals surface area contributed by atoms with Crippen molar-refractivity contribution in [2.75, 3.05) is 19.0 Å². The predicted molar refractivity (Wildman–Crippen MR) is 109 cm³/mol. The first kappa shape index (κ1) is 18.6. The first-order chi connectivity index (χ1) is 14.0. The SMILES string of the molecule is COC(=O)C1CC1c1cccc(NCC23CCC(c4nc(C)no4)(CC2)CC3)c1. The van der Waals surface area contributed by atoms with Gasteiger partial charge in [-0.3, -0.25) is 4.79 Å². The molecule has 0 aliphatic heterocycles. The molecule has 29 heavy (non-hydrogen) atoms. The quantitative estimate of drug-likeness (QED) is 0.733. The molecular formula is C23H29N3O3. The summed E-state index contributed by atoms with van der Waals surface area (Å²) in [4.78, 5) is 16.3. The number of carbonyl (C=O) groups excluding carboxylic acids is 1. The Balaban J connectivity index is 1.21. The molecule has 154 valence electrons. The maximum atomic E-state index is 11.7. The molecule has 0 saturated heterocycles. The van der Waals surface area contributed by atoms with E-state index in [-0.39, 0.29) is 17.3 Å². The summed E-state index contributed by atoms with van der Waals surface area (Å²) in [6, 6.07) is 8.56. The van der Waals surface area contributed by atoms with Crippen LogP contribution in [0.15, 0.2) is 28.8 Å². The Bertz CT molecular complexity index is 897. The number of anilines is 1. The molecule has 4 fully saturated rings. The highest BCUT2D eigenvalue weighted by atomic mass is 16.5. The molecule has 6 heteroatoms. The average Bonchev–Trinajstić information content (AvgIpc) is 3.46. The Labute approximate surface area is 171 Å². The number of esters is 1. The van der Waals surface area contributed by atoms with Gasteiger partial charge in [0.1, 0.15) is 0 Å². The Hall–Kier alpha value is -2.37. The summed E-state index contributed by atoms with van der Waals surface area (Å²) >= 11 is 0. The molecule has 6 rings (SSSR count). The lowest BCUT2D eigenvalue weighted by atomic mass is 9.53. The average molecular weight is 396 g/mol. The van der Waals surface area contributed by atoms with Gasteiger partial charge in [-0.25, -0.2) is 0 Å². The number of carbonyl (C=O) groups is 1. The molecule has 4 aliphatic carbocycles. The Morgan fingerprint density at radius 1 is 1.24 bits per heavy atom. The number of fused-ring (bicyclic) bond motifs is 3. The zero-order valence-corrected chi connectivity index (χ0v) is 17.2. The van der Waals surface area contributed by atoms with Crippen molar-refractivity contribution in [1.82, 2.24) is 10.1 Å². The van der Waals surface area contributed by atoms with E-state index in [1.165, 1.54) is 31.9 Å². The highest BCUT2D eigenvalue weighted by Gasteiger charge is 2.52. The lowest BCUT2D eigenvalue weighted by molar-refractivity contribution is -0.142. The van der Waals surface area contributed by atoms with Gasteiger partial charge < -0.3 is 14.6 Å².